The molecule has 1 heterocycles. The molecule has 1 saturated heterocycles. The van der Waals surface area contributed by atoms with Gasteiger partial charge in [-0.25, -0.2) is 0 Å². The van der Waals surface area contributed by atoms with Crippen molar-refractivity contribution in [2.45, 2.75) is 19.3 Å². The van der Waals surface area contributed by atoms with E-state index in [0.717, 1.165) is 17.7 Å². The Morgan fingerprint density at radius 2 is 1.94 bits per heavy atom. The minimum Gasteiger partial charge on any atom is -0.481 e. The Labute approximate surface area is 98.5 Å². The predicted octanol–water partition coefficient (Wildman–Crippen LogP) is -0.127. The van der Waals surface area contributed by atoms with E-state index in [-0.39, 0.29) is 37.5 Å². The van der Waals surface area contributed by atoms with Crippen LogP contribution in [0.5, 0.6) is 0 Å². The van der Waals surface area contributed by atoms with Crippen LogP contribution in [0.25, 0.3) is 0 Å². The van der Waals surface area contributed by atoms with Gasteiger partial charge in [-0.05, 0) is 18.8 Å². The largest absolute Gasteiger partial charge is 0.481 e. The van der Waals surface area contributed by atoms with E-state index in [0.29, 0.717) is 6.42 Å². The van der Waals surface area contributed by atoms with Crippen molar-refractivity contribution in [2.24, 2.45) is 11.8 Å². The van der Waals surface area contributed by atoms with Crippen LogP contribution in [0, 0.1) is 11.8 Å². The number of carbonyl (C=O) groups is 3. The van der Waals surface area contributed by atoms with Gasteiger partial charge in [0.2, 0.25) is 0 Å². The van der Waals surface area contributed by atoms with Crippen molar-refractivity contribution < 1.29 is 24.2 Å². The zero-order chi connectivity index (χ0) is 12.4. The molecular weight excluding hydrogens is 226 g/mol. The van der Waals surface area contributed by atoms with E-state index in [4.69, 9.17) is 9.84 Å². The first-order valence-electron chi connectivity index (χ1n) is 5.73. The number of rotatable bonds is 3. The van der Waals surface area contributed by atoms with Crippen LogP contribution in [-0.4, -0.2) is 47.5 Å². The number of hydrogen-bond acceptors (Lipinski definition) is 4. The molecule has 2 atom stereocenters. The van der Waals surface area contributed by atoms with E-state index in [1.165, 1.54) is 0 Å². The topological polar surface area (TPSA) is 83.9 Å². The Bertz CT molecular complexity index is 338. The van der Waals surface area contributed by atoms with Crippen LogP contribution in [0.1, 0.15) is 19.3 Å². The van der Waals surface area contributed by atoms with Crippen molar-refractivity contribution in [3.63, 3.8) is 0 Å². The molecule has 1 saturated carbocycles. The molecule has 17 heavy (non-hydrogen) atoms. The molecule has 0 aromatic heterocycles. The summed E-state index contributed by atoms with van der Waals surface area (Å²) in [6, 6.07) is 0. The van der Waals surface area contributed by atoms with Crippen LogP contribution in [-0.2, 0) is 19.1 Å². The summed E-state index contributed by atoms with van der Waals surface area (Å²) in [4.78, 5) is 35.2. The van der Waals surface area contributed by atoms with E-state index in [1.54, 1.807) is 0 Å². The summed E-state index contributed by atoms with van der Waals surface area (Å²) >= 11 is 0. The third kappa shape index (κ3) is 2.46. The molecule has 2 aliphatic rings. The minimum atomic E-state index is -0.833. The predicted molar refractivity (Wildman–Crippen MR) is 56.0 cm³/mol. The van der Waals surface area contributed by atoms with E-state index in [2.05, 4.69) is 0 Å². The average Bonchev–Trinajstić information content (AvgIpc) is 2.72. The Morgan fingerprint density at radius 3 is 2.53 bits per heavy atom. The summed E-state index contributed by atoms with van der Waals surface area (Å²) < 4.78 is 4.81. The summed E-state index contributed by atoms with van der Waals surface area (Å²) in [5.41, 5.74) is 0. The van der Waals surface area contributed by atoms with Gasteiger partial charge in [0.1, 0.15) is 13.2 Å². The smallest absolute Gasteiger partial charge is 0.306 e. The Hall–Kier alpha value is -1.43. The van der Waals surface area contributed by atoms with Gasteiger partial charge in [-0.2, -0.15) is 0 Å². The first-order valence-corrected chi connectivity index (χ1v) is 5.73. The zero-order valence-corrected chi connectivity index (χ0v) is 9.42. The van der Waals surface area contributed by atoms with Crippen LogP contribution in [0.4, 0.5) is 0 Å². The van der Waals surface area contributed by atoms with Gasteiger partial charge in [0.05, 0.1) is 5.92 Å². The SMILES string of the molecule is O=C(O)C1CCCC1CN1C(=O)COCC1=O. The second kappa shape index (κ2) is 4.83. The van der Waals surface area contributed by atoms with Gasteiger partial charge in [0.15, 0.2) is 0 Å². The second-order valence-electron chi connectivity index (χ2n) is 4.53. The van der Waals surface area contributed by atoms with Crippen molar-refractivity contribution >= 4 is 17.8 Å². The van der Waals surface area contributed by atoms with Crippen LogP contribution >= 0.6 is 0 Å². The second-order valence-corrected chi connectivity index (χ2v) is 4.53. The molecular formula is C11H15NO5. The van der Waals surface area contributed by atoms with Gasteiger partial charge >= 0.3 is 5.97 Å². The van der Waals surface area contributed by atoms with Crippen molar-refractivity contribution in [1.82, 2.24) is 4.90 Å². The number of carboxylic acid groups (broad SMARTS) is 1. The summed E-state index contributed by atoms with van der Waals surface area (Å²) in [6.45, 7) is 0.0460. The van der Waals surface area contributed by atoms with Gasteiger partial charge in [-0.3, -0.25) is 19.3 Å². The lowest BCUT2D eigenvalue weighted by Gasteiger charge is -2.28. The molecule has 1 aliphatic heterocycles. The number of amides is 2. The number of morpholine rings is 1. The number of carboxylic acids is 1. The minimum absolute atomic E-state index is 0.0871. The van der Waals surface area contributed by atoms with E-state index in [1.807, 2.05) is 0 Å². The maximum absolute atomic E-state index is 11.5. The first kappa shape index (κ1) is 12.0. The summed E-state index contributed by atoms with van der Waals surface area (Å²) in [5.74, 6) is -2.10. The van der Waals surface area contributed by atoms with Crippen molar-refractivity contribution in [2.75, 3.05) is 19.8 Å². The highest BCUT2D eigenvalue weighted by Gasteiger charge is 2.37. The molecule has 0 bridgehead atoms. The molecule has 2 amide bonds. The fourth-order valence-electron chi connectivity index (χ4n) is 2.54. The molecule has 0 aromatic carbocycles. The van der Waals surface area contributed by atoms with Gasteiger partial charge in [-0.15, -0.1) is 0 Å². The van der Waals surface area contributed by atoms with Gasteiger partial charge in [-0.1, -0.05) is 6.42 Å². The molecule has 1 aliphatic carbocycles. The lowest BCUT2D eigenvalue weighted by Crippen LogP contribution is -2.48. The highest BCUT2D eigenvalue weighted by molar-refractivity contribution is 5.98. The molecule has 0 radical (unpaired) electrons. The van der Waals surface area contributed by atoms with Gasteiger partial charge in [0.25, 0.3) is 11.8 Å². The van der Waals surface area contributed by atoms with Crippen LogP contribution < -0.4 is 0 Å². The average molecular weight is 241 g/mol. The van der Waals surface area contributed by atoms with Crippen molar-refractivity contribution in [1.29, 1.82) is 0 Å². The number of hydrogen-bond donors (Lipinski definition) is 1. The quantitative estimate of drug-likeness (QED) is 0.696. The summed E-state index contributed by atoms with van der Waals surface area (Å²) in [5, 5.41) is 9.03. The molecule has 0 aromatic rings. The number of carbonyl (C=O) groups excluding carboxylic acids is 2. The fraction of sp³-hybridized carbons (Fsp3) is 0.727. The third-order valence-corrected chi connectivity index (χ3v) is 3.45. The van der Waals surface area contributed by atoms with Gasteiger partial charge < -0.3 is 9.84 Å². The van der Waals surface area contributed by atoms with Crippen molar-refractivity contribution in [3.05, 3.63) is 0 Å². The monoisotopic (exact) mass is 241 g/mol. The van der Waals surface area contributed by atoms with Crippen LogP contribution in [0.3, 0.4) is 0 Å². The number of nitrogens with zero attached hydrogens (tertiary/aromatic N) is 1. The maximum atomic E-state index is 11.5. The molecule has 6 nitrogen and oxygen atoms in total. The zero-order valence-electron chi connectivity index (χ0n) is 9.42. The maximum Gasteiger partial charge on any atom is 0.306 e. The molecule has 94 valence electrons. The molecule has 2 fully saturated rings. The fourth-order valence-corrected chi connectivity index (χ4v) is 2.54. The van der Waals surface area contributed by atoms with E-state index >= 15 is 0 Å². The Kier molecular flexibility index (Phi) is 3.42. The lowest BCUT2D eigenvalue weighted by atomic mass is 9.95. The molecule has 2 unspecified atom stereocenters. The lowest BCUT2D eigenvalue weighted by molar-refractivity contribution is -0.160. The number of ether oxygens (including phenoxy) is 1. The van der Waals surface area contributed by atoms with Crippen LogP contribution in [0.15, 0.2) is 0 Å². The normalized spacial score (nSPS) is 29.8. The molecule has 0 spiro atoms. The first-order chi connectivity index (χ1) is 8.09. The third-order valence-electron chi connectivity index (χ3n) is 3.45. The van der Waals surface area contributed by atoms with E-state index < -0.39 is 11.9 Å². The highest BCUT2D eigenvalue weighted by atomic mass is 16.5. The van der Waals surface area contributed by atoms with Crippen molar-refractivity contribution in [3.8, 4) is 0 Å². The number of aliphatic carboxylic acids is 1. The Balaban J connectivity index is 2.01. The van der Waals surface area contributed by atoms with Gasteiger partial charge in [0, 0.05) is 6.54 Å². The Morgan fingerprint density at radius 1 is 1.29 bits per heavy atom. The molecule has 6 heteroatoms. The summed E-state index contributed by atoms with van der Waals surface area (Å²) in [7, 11) is 0. The van der Waals surface area contributed by atoms with Crippen LogP contribution in [0.2, 0.25) is 0 Å². The molecule has 2 rings (SSSR count). The van der Waals surface area contributed by atoms with E-state index in [9.17, 15) is 14.4 Å². The highest BCUT2D eigenvalue weighted by Crippen LogP contribution is 2.32. The number of imide groups is 1. The summed E-state index contributed by atoms with van der Waals surface area (Å²) in [6.07, 6.45) is 2.23. The standard InChI is InChI=1S/C11H15NO5/c13-9-5-17-6-10(14)12(9)4-7-2-1-3-8(7)11(15)16/h7-8H,1-6H2,(H,15,16). The molecule has 1 N–H and O–H groups in total.